The Hall–Kier alpha value is -0.330. The van der Waals surface area contributed by atoms with Gasteiger partial charge in [0.15, 0.2) is 9.84 Å². The molecule has 0 saturated carbocycles. The summed E-state index contributed by atoms with van der Waals surface area (Å²) in [6.07, 6.45) is 1.43. The number of nitrogens with zero attached hydrogens (tertiary/aromatic N) is 1. The van der Waals surface area contributed by atoms with E-state index in [1.807, 2.05) is 13.8 Å². The Morgan fingerprint density at radius 2 is 1.71 bits per heavy atom. The van der Waals surface area contributed by atoms with E-state index in [9.17, 15) is 13.2 Å². The average molecular weight is 288 g/mol. The number of carbonyl (C=O) groups is 1. The molecule has 0 radical (unpaired) electrons. The molecule has 0 aromatic carbocycles. The lowest BCUT2D eigenvalue weighted by molar-refractivity contribution is -0.138. The zero-order valence-corrected chi connectivity index (χ0v) is 12.0. The first kappa shape index (κ1) is 19.0. The van der Waals surface area contributed by atoms with Crippen molar-refractivity contribution in [2.75, 3.05) is 31.1 Å². The van der Waals surface area contributed by atoms with Crippen LogP contribution < -0.4 is 0 Å². The van der Waals surface area contributed by atoms with Gasteiger partial charge in [0.25, 0.3) is 0 Å². The second-order valence-electron chi connectivity index (χ2n) is 3.82. The summed E-state index contributed by atoms with van der Waals surface area (Å²) in [6.45, 7) is 4.60. The second-order valence-corrected chi connectivity index (χ2v) is 6.13. The van der Waals surface area contributed by atoms with Crippen molar-refractivity contribution in [3.8, 4) is 0 Å². The molecule has 0 aliphatic heterocycles. The molecule has 17 heavy (non-hydrogen) atoms. The van der Waals surface area contributed by atoms with Gasteiger partial charge in [-0.05, 0) is 19.4 Å². The third kappa shape index (κ3) is 10.5. The van der Waals surface area contributed by atoms with Gasteiger partial charge in [0.2, 0.25) is 0 Å². The van der Waals surface area contributed by atoms with Crippen molar-refractivity contribution in [1.82, 2.24) is 4.90 Å². The fraction of sp³-hybridized carbons (Fsp3) is 0.900. The molecule has 0 saturated heterocycles. The standard InChI is InChI=1S/C10H21NO4S.ClH/c1-3-5-11(9-10(12)13)6-8-16(14,15)7-4-2;/h3-9H2,1-2H3,(H,12,13);1H. The minimum absolute atomic E-state index is 0. The first-order chi connectivity index (χ1) is 7.41. The maximum Gasteiger partial charge on any atom is 0.317 e. The first-order valence-electron chi connectivity index (χ1n) is 5.55. The van der Waals surface area contributed by atoms with Crippen molar-refractivity contribution in [1.29, 1.82) is 0 Å². The molecule has 0 unspecified atom stereocenters. The van der Waals surface area contributed by atoms with E-state index in [0.29, 0.717) is 19.5 Å². The Balaban J connectivity index is 0. The molecular formula is C10H22ClNO4S. The van der Waals surface area contributed by atoms with Crippen molar-refractivity contribution in [3.05, 3.63) is 0 Å². The van der Waals surface area contributed by atoms with Crippen LogP contribution in [0.1, 0.15) is 26.7 Å². The quantitative estimate of drug-likeness (QED) is 0.685. The van der Waals surface area contributed by atoms with E-state index in [4.69, 9.17) is 5.11 Å². The van der Waals surface area contributed by atoms with Crippen LogP contribution in [0.3, 0.4) is 0 Å². The highest BCUT2D eigenvalue weighted by Gasteiger charge is 2.14. The molecule has 0 heterocycles. The van der Waals surface area contributed by atoms with Crippen molar-refractivity contribution >= 4 is 28.2 Å². The molecule has 0 aromatic rings. The lowest BCUT2D eigenvalue weighted by Crippen LogP contribution is -2.35. The molecule has 0 rings (SSSR count). The van der Waals surface area contributed by atoms with Crippen LogP contribution in [-0.2, 0) is 14.6 Å². The predicted octanol–water partition coefficient (Wildman–Crippen LogP) is 1.03. The fourth-order valence-corrected chi connectivity index (χ4v) is 2.82. The maximum absolute atomic E-state index is 11.5. The monoisotopic (exact) mass is 287 g/mol. The van der Waals surface area contributed by atoms with Crippen molar-refractivity contribution < 1.29 is 18.3 Å². The third-order valence-corrected chi connectivity index (χ3v) is 3.97. The summed E-state index contributed by atoms with van der Waals surface area (Å²) < 4.78 is 22.9. The van der Waals surface area contributed by atoms with Gasteiger partial charge in [-0.1, -0.05) is 13.8 Å². The summed E-state index contributed by atoms with van der Waals surface area (Å²) in [4.78, 5) is 12.2. The summed E-state index contributed by atoms with van der Waals surface area (Å²) in [7, 11) is -3.02. The lowest BCUT2D eigenvalue weighted by Gasteiger charge is -2.18. The minimum atomic E-state index is -3.02. The van der Waals surface area contributed by atoms with Crippen LogP contribution in [0.5, 0.6) is 0 Å². The van der Waals surface area contributed by atoms with Gasteiger partial charge >= 0.3 is 5.97 Å². The molecule has 0 spiro atoms. The second kappa shape index (κ2) is 9.67. The van der Waals surface area contributed by atoms with Gasteiger partial charge in [-0.25, -0.2) is 8.42 Å². The number of carboxylic acids is 1. The van der Waals surface area contributed by atoms with Gasteiger partial charge in [0.1, 0.15) is 0 Å². The molecule has 0 atom stereocenters. The molecule has 5 nitrogen and oxygen atoms in total. The smallest absolute Gasteiger partial charge is 0.317 e. The van der Waals surface area contributed by atoms with Gasteiger partial charge in [-0.15, -0.1) is 12.4 Å². The number of aliphatic carboxylic acids is 1. The van der Waals surface area contributed by atoms with E-state index in [1.54, 1.807) is 4.90 Å². The SMILES string of the molecule is CCCN(CCS(=O)(=O)CCC)CC(=O)O.Cl. The molecule has 104 valence electrons. The van der Waals surface area contributed by atoms with Crippen molar-refractivity contribution in [2.45, 2.75) is 26.7 Å². The van der Waals surface area contributed by atoms with E-state index in [0.717, 1.165) is 6.42 Å². The number of rotatable bonds is 9. The summed E-state index contributed by atoms with van der Waals surface area (Å²) in [5.74, 6) is -0.685. The first-order valence-corrected chi connectivity index (χ1v) is 7.38. The summed E-state index contributed by atoms with van der Waals surface area (Å²) in [6, 6.07) is 0. The third-order valence-electron chi connectivity index (χ3n) is 2.13. The van der Waals surface area contributed by atoms with E-state index in [2.05, 4.69) is 0 Å². The van der Waals surface area contributed by atoms with Crippen molar-refractivity contribution in [3.63, 3.8) is 0 Å². The molecule has 1 N–H and O–H groups in total. The van der Waals surface area contributed by atoms with Crippen LogP contribution in [0.2, 0.25) is 0 Å². The van der Waals surface area contributed by atoms with E-state index < -0.39 is 15.8 Å². The van der Waals surface area contributed by atoms with Gasteiger partial charge in [-0.3, -0.25) is 9.69 Å². The molecule has 0 amide bonds. The predicted molar refractivity (Wildman–Crippen MR) is 70.6 cm³/mol. The van der Waals surface area contributed by atoms with E-state index in [1.165, 1.54) is 0 Å². The molecule has 7 heteroatoms. The topological polar surface area (TPSA) is 74.7 Å². The number of sulfone groups is 1. The molecule has 0 fully saturated rings. The van der Waals surface area contributed by atoms with Gasteiger partial charge < -0.3 is 5.11 Å². The lowest BCUT2D eigenvalue weighted by atomic mass is 10.4. The molecule has 0 aliphatic carbocycles. The largest absolute Gasteiger partial charge is 0.480 e. The average Bonchev–Trinajstić information content (AvgIpc) is 2.14. The van der Waals surface area contributed by atoms with Gasteiger partial charge in [0, 0.05) is 12.3 Å². The van der Waals surface area contributed by atoms with Gasteiger partial charge in [-0.2, -0.15) is 0 Å². The summed E-state index contributed by atoms with van der Waals surface area (Å²) >= 11 is 0. The van der Waals surface area contributed by atoms with Crippen LogP contribution >= 0.6 is 12.4 Å². The summed E-state index contributed by atoms with van der Waals surface area (Å²) in [5.41, 5.74) is 0. The molecule has 0 aliphatic rings. The Labute approximate surface area is 110 Å². The van der Waals surface area contributed by atoms with Crippen LogP contribution in [0, 0.1) is 0 Å². The van der Waals surface area contributed by atoms with Crippen LogP contribution in [0.25, 0.3) is 0 Å². The highest BCUT2D eigenvalue weighted by Crippen LogP contribution is 1.98. The van der Waals surface area contributed by atoms with Crippen molar-refractivity contribution in [2.24, 2.45) is 0 Å². The minimum Gasteiger partial charge on any atom is -0.480 e. The highest BCUT2D eigenvalue weighted by molar-refractivity contribution is 7.91. The van der Waals surface area contributed by atoms with Crippen LogP contribution in [0.15, 0.2) is 0 Å². The summed E-state index contributed by atoms with van der Waals surface area (Å²) in [5, 5.41) is 8.65. The van der Waals surface area contributed by atoms with E-state index >= 15 is 0 Å². The number of hydrogen-bond donors (Lipinski definition) is 1. The molecular weight excluding hydrogens is 266 g/mol. The highest BCUT2D eigenvalue weighted by atomic mass is 35.5. The fourth-order valence-electron chi connectivity index (χ4n) is 1.46. The van der Waals surface area contributed by atoms with Crippen LogP contribution in [0.4, 0.5) is 0 Å². The van der Waals surface area contributed by atoms with Crippen LogP contribution in [-0.4, -0.2) is 55.5 Å². The molecule has 0 aromatic heterocycles. The number of carboxylic acid groups (broad SMARTS) is 1. The zero-order chi connectivity index (χ0) is 12.6. The van der Waals surface area contributed by atoms with E-state index in [-0.39, 0.29) is 30.5 Å². The Kier molecular flexibility index (Phi) is 10.8. The van der Waals surface area contributed by atoms with Gasteiger partial charge in [0.05, 0.1) is 12.3 Å². The number of hydrogen-bond acceptors (Lipinski definition) is 4. The molecule has 0 bridgehead atoms. The number of halogens is 1. The Bertz CT molecular complexity index is 305. The normalized spacial score (nSPS) is 11.2. The Morgan fingerprint density at radius 3 is 2.12 bits per heavy atom. The maximum atomic E-state index is 11.5. The Morgan fingerprint density at radius 1 is 1.12 bits per heavy atom. The zero-order valence-electron chi connectivity index (χ0n) is 10.4.